The number of fused-ring (bicyclic) bond motifs is 7. The molecule has 5 heteroatoms. The number of hydrogen-bond acceptors (Lipinski definition) is 3. The predicted octanol–water partition coefficient (Wildman–Crippen LogP) is 6.29. The highest BCUT2D eigenvalue weighted by Crippen LogP contribution is 2.77. The molecule has 0 spiro atoms. The van der Waals surface area contributed by atoms with Crippen LogP contribution in [-0.2, 0) is 9.59 Å². The molecule has 10 atom stereocenters. The highest BCUT2D eigenvalue weighted by Gasteiger charge is 2.71. The van der Waals surface area contributed by atoms with Crippen molar-refractivity contribution in [3.05, 3.63) is 0 Å². The Hall–Kier alpha value is -1.10. The molecule has 0 bridgehead atoms. The monoisotopic (exact) mass is 515 g/mol. The third kappa shape index (κ3) is 3.57. The normalized spacial score (nSPS) is 50.4. The molecular weight excluding hydrogens is 462 g/mol. The average Bonchev–Trinajstić information content (AvgIpc) is 3.22. The second-order valence-electron chi connectivity index (χ2n) is 15.7. The lowest BCUT2D eigenvalue weighted by molar-refractivity contribution is -0.248. The molecule has 0 aromatic carbocycles. The van der Waals surface area contributed by atoms with E-state index in [9.17, 15) is 19.8 Å². The number of aliphatic hydroxyl groups is 1. The fourth-order valence-corrected chi connectivity index (χ4v) is 12.1. The van der Waals surface area contributed by atoms with Crippen molar-refractivity contribution in [1.29, 1.82) is 0 Å². The summed E-state index contributed by atoms with van der Waals surface area (Å²) in [6.07, 6.45) is 10.6. The van der Waals surface area contributed by atoms with Crippen LogP contribution >= 0.6 is 0 Å². The van der Waals surface area contributed by atoms with E-state index >= 15 is 0 Å². The standard InChI is InChI=1S/C32H53NO4/c1-19(2)20-10-15-32(27(37)33-18-25(35)36)17-16-30(6)21(26(20)32)8-9-23-29(5)13-12-24(34)28(3,4)22(29)11-14-31(23,30)7/h19-24,26,34H,8-18H2,1-7H3,(H,33,37)(H,35,36)/t20-,21?,22?,23?,24+,26?,29-,30+,31+,32-/m0/s1. The van der Waals surface area contributed by atoms with E-state index in [2.05, 4.69) is 53.8 Å². The van der Waals surface area contributed by atoms with Gasteiger partial charge in [-0.05, 0) is 121 Å². The molecule has 0 aromatic rings. The van der Waals surface area contributed by atoms with Crippen LogP contribution in [0.2, 0.25) is 0 Å². The van der Waals surface area contributed by atoms with Crippen molar-refractivity contribution in [1.82, 2.24) is 5.32 Å². The number of hydrogen-bond donors (Lipinski definition) is 3. The van der Waals surface area contributed by atoms with Crippen LogP contribution in [0.3, 0.4) is 0 Å². The van der Waals surface area contributed by atoms with Crippen molar-refractivity contribution in [2.24, 2.45) is 62.6 Å². The number of carbonyl (C=O) groups is 2. The summed E-state index contributed by atoms with van der Waals surface area (Å²) in [5.74, 6) is 2.16. The minimum atomic E-state index is -0.959. The molecule has 1 amide bonds. The summed E-state index contributed by atoms with van der Waals surface area (Å²) >= 11 is 0. The van der Waals surface area contributed by atoms with Gasteiger partial charge in [0.05, 0.1) is 11.5 Å². The zero-order chi connectivity index (χ0) is 27.2. The molecule has 3 N–H and O–H groups in total. The largest absolute Gasteiger partial charge is 0.480 e. The first kappa shape index (κ1) is 27.5. The molecule has 5 aliphatic carbocycles. The maximum atomic E-state index is 13.8. The molecule has 5 nitrogen and oxygen atoms in total. The summed E-state index contributed by atoms with van der Waals surface area (Å²) in [6, 6.07) is 0. The van der Waals surface area contributed by atoms with Crippen LogP contribution in [0.25, 0.3) is 0 Å². The SMILES string of the molecule is CC(C)[C@@H]1CC[C@]2(C(=O)NCC(=O)O)CC[C@]3(C)C(CCC4[C@@]5(C)CC[C@@H](O)C(C)(C)C5CC[C@]43C)C12. The van der Waals surface area contributed by atoms with Gasteiger partial charge in [-0.15, -0.1) is 0 Å². The number of amides is 1. The molecular formula is C32H53NO4. The zero-order valence-electron chi connectivity index (χ0n) is 24.5. The van der Waals surface area contributed by atoms with Crippen LogP contribution in [0.4, 0.5) is 0 Å². The van der Waals surface area contributed by atoms with Gasteiger partial charge in [-0.1, -0.05) is 48.5 Å². The number of aliphatic hydroxyl groups excluding tert-OH is 1. The maximum absolute atomic E-state index is 13.8. The Kier molecular flexibility index (Phi) is 6.46. The Labute approximate surface area is 224 Å². The number of aliphatic carboxylic acids is 1. The van der Waals surface area contributed by atoms with Gasteiger partial charge in [0.1, 0.15) is 6.54 Å². The highest BCUT2D eigenvalue weighted by molar-refractivity contribution is 5.86. The molecule has 0 aromatic heterocycles. The number of nitrogens with one attached hydrogen (secondary N) is 1. The van der Waals surface area contributed by atoms with Crippen molar-refractivity contribution in [2.75, 3.05) is 6.54 Å². The summed E-state index contributed by atoms with van der Waals surface area (Å²) in [5.41, 5.74) is 0.223. The minimum absolute atomic E-state index is 0.0102. The van der Waals surface area contributed by atoms with Crippen LogP contribution in [0, 0.1) is 62.6 Å². The van der Waals surface area contributed by atoms with Crippen LogP contribution in [0.5, 0.6) is 0 Å². The maximum Gasteiger partial charge on any atom is 0.322 e. The minimum Gasteiger partial charge on any atom is -0.480 e. The van der Waals surface area contributed by atoms with Gasteiger partial charge in [0.25, 0.3) is 0 Å². The summed E-state index contributed by atoms with van der Waals surface area (Å²) in [7, 11) is 0. The van der Waals surface area contributed by atoms with E-state index in [1.165, 1.54) is 25.7 Å². The zero-order valence-corrected chi connectivity index (χ0v) is 24.5. The molecule has 5 aliphatic rings. The quantitative estimate of drug-likeness (QED) is 0.411. The summed E-state index contributed by atoms with van der Waals surface area (Å²) in [5, 5.41) is 23.1. The third-order valence-electron chi connectivity index (χ3n) is 14.2. The number of carbonyl (C=O) groups excluding carboxylic acids is 1. The van der Waals surface area contributed by atoms with E-state index in [0.29, 0.717) is 35.5 Å². The van der Waals surface area contributed by atoms with Crippen LogP contribution in [-0.4, -0.2) is 34.7 Å². The second kappa shape index (κ2) is 8.70. The van der Waals surface area contributed by atoms with E-state index < -0.39 is 11.4 Å². The van der Waals surface area contributed by atoms with Gasteiger partial charge < -0.3 is 15.5 Å². The molecule has 5 saturated carbocycles. The Morgan fingerprint density at radius 2 is 1.54 bits per heavy atom. The van der Waals surface area contributed by atoms with Gasteiger partial charge in [0, 0.05) is 0 Å². The topological polar surface area (TPSA) is 86.6 Å². The lowest BCUT2D eigenvalue weighted by atomic mass is 9.32. The predicted molar refractivity (Wildman–Crippen MR) is 146 cm³/mol. The Morgan fingerprint density at radius 1 is 0.838 bits per heavy atom. The molecule has 5 fully saturated rings. The van der Waals surface area contributed by atoms with Crippen molar-refractivity contribution in [3.8, 4) is 0 Å². The van der Waals surface area contributed by atoms with E-state index in [0.717, 1.165) is 38.5 Å². The van der Waals surface area contributed by atoms with Crippen molar-refractivity contribution >= 4 is 11.9 Å². The van der Waals surface area contributed by atoms with Crippen LogP contribution in [0.1, 0.15) is 113 Å². The molecule has 210 valence electrons. The molecule has 0 saturated heterocycles. The first-order chi connectivity index (χ1) is 17.1. The first-order valence-electron chi connectivity index (χ1n) is 15.3. The van der Waals surface area contributed by atoms with Gasteiger partial charge >= 0.3 is 5.97 Å². The highest BCUT2D eigenvalue weighted by atomic mass is 16.4. The average molecular weight is 516 g/mol. The van der Waals surface area contributed by atoms with E-state index in [4.69, 9.17) is 0 Å². The fourth-order valence-electron chi connectivity index (χ4n) is 12.1. The van der Waals surface area contributed by atoms with Gasteiger partial charge in [-0.3, -0.25) is 9.59 Å². The second-order valence-corrected chi connectivity index (χ2v) is 15.7. The lowest BCUT2D eigenvalue weighted by Gasteiger charge is -2.72. The summed E-state index contributed by atoms with van der Waals surface area (Å²) < 4.78 is 0. The van der Waals surface area contributed by atoms with Gasteiger partial charge in [0.2, 0.25) is 5.91 Å². The first-order valence-corrected chi connectivity index (χ1v) is 15.3. The molecule has 4 unspecified atom stereocenters. The van der Waals surface area contributed by atoms with Crippen molar-refractivity contribution in [2.45, 2.75) is 119 Å². The summed E-state index contributed by atoms with van der Waals surface area (Å²) in [4.78, 5) is 25.1. The molecule has 37 heavy (non-hydrogen) atoms. The van der Waals surface area contributed by atoms with Gasteiger partial charge in [-0.25, -0.2) is 0 Å². The van der Waals surface area contributed by atoms with Crippen molar-refractivity contribution < 1.29 is 19.8 Å². The third-order valence-corrected chi connectivity index (χ3v) is 14.2. The van der Waals surface area contributed by atoms with E-state index in [1.54, 1.807) is 0 Å². The Bertz CT molecular complexity index is 945. The Balaban J connectivity index is 1.52. The molecule has 0 heterocycles. The Morgan fingerprint density at radius 3 is 2.19 bits per heavy atom. The van der Waals surface area contributed by atoms with Gasteiger partial charge in [0.15, 0.2) is 0 Å². The van der Waals surface area contributed by atoms with Crippen molar-refractivity contribution in [3.63, 3.8) is 0 Å². The molecule has 0 radical (unpaired) electrons. The van der Waals surface area contributed by atoms with Gasteiger partial charge in [-0.2, -0.15) is 0 Å². The molecule has 5 rings (SSSR count). The smallest absolute Gasteiger partial charge is 0.322 e. The van der Waals surface area contributed by atoms with Crippen LogP contribution < -0.4 is 5.32 Å². The lowest BCUT2D eigenvalue weighted by Crippen LogP contribution is -2.67. The number of carboxylic acid groups (broad SMARTS) is 1. The van der Waals surface area contributed by atoms with E-state index in [1.807, 2.05) is 0 Å². The van der Waals surface area contributed by atoms with Crippen LogP contribution in [0.15, 0.2) is 0 Å². The summed E-state index contributed by atoms with van der Waals surface area (Å²) in [6.45, 7) is 16.8. The molecule has 0 aliphatic heterocycles. The number of rotatable bonds is 4. The fraction of sp³-hybridized carbons (Fsp3) is 0.938. The number of carboxylic acids is 1. The van der Waals surface area contributed by atoms with E-state index in [-0.39, 0.29) is 40.2 Å².